The summed E-state index contributed by atoms with van der Waals surface area (Å²) in [6.45, 7) is -0.109. The second-order valence-corrected chi connectivity index (χ2v) is 6.42. The number of hydrazone groups is 1. The molecule has 2 aromatic rings. The van der Waals surface area contributed by atoms with Crippen LogP contribution in [0, 0.1) is 0 Å². The predicted octanol–water partition coefficient (Wildman–Crippen LogP) is 3.77. The van der Waals surface area contributed by atoms with Crippen LogP contribution < -0.4 is 14.9 Å². The molecule has 0 aliphatic heterocycles. The van der Waals surface area contributed by atoms with Gasteiger partial charge in [0.25, 0.3) is 0 Å². The van der Waals surface area contributed by atoms with Crippen LogP contribution in [0.4, 0.5) is 0 Å². The number of carbonyl (C=O) groups is 2. The van der Waals surface area contributed by atoms with Gasteiger partial charge in [-0.1, -0.05) is 35.3 Å². The molecule has 148 valence electrons. The van der Waals surface area contributed by atoms with Crippen LogP contribution in [0.5, 0.6) is 11.5 Å². The highest BCUT2D eigenvalue weighted by atomic mass is 35.5. The number of halogens is 2. The van der Waals surface area contributed by atoms with Crippen molar-refractivity contribution in [2.45, 2.75) is 12.8 Å². The van der Waals surface area contributed by atoms with E-state index in [0.717, 1.165) is 0 Å². The fourth-order valence-electron chi connectivity index (χ4n) is 2.07. The Kier molecular flexibility index (Phi) is 8.58. The number of aliphatic carboxylic acids is 1. The van der Waals surface area contributed by atoms with Crippen LogP contribution >= 0.6 is 23.2 Å². The summed E-state index contributed by atoms with van der Waals surface area (Å²) in [5, 5.41) is 13.4. The van der Waals surface area contributed by atoms with Crippen LogP contribution in [0.25, 0.3) is 0 Å². The Morgan fingerprint density at radius 1 is 1.14 bits per heavy atom. The fraction of sp³-hybridized carbons (Fsp3) is 0.211. The molecule has 0 heterocycles. The molecule has 0 radical (unpaired) electrons. The van der Waals surface area contributed by atoms with Crippen molar-refractivity contribution in [1.82, 2.24) is 5.43 Å². The summed E-state index contributed by atoms with van der Waals surface area (Å²) in [5.41, 5.74) is 3.07. The first-order valence-electron chi connectivity index (χ1n) is 8.28. The number of nitrogens with zero attached hydrogens (tertiary/aromatic N) is 1. The average Bonchev–Trinajstić information content (AvgIpc) is 2.65. The summed E-state index contributed by atoms with van der Waals surface area (Å²) in [4.78, 5) is 22.3. The molecule has 0 saturated carbocycles. The molecule has 0 unspecified atom stereocenters. The molecule has 28 heavy (non-hydrogen) atoms. The minimum Gasteiger partial charge on any atom is -0.492 e. The van der Waals surface area contributed by atoms with E-state index in [1.54, 1.807) is 42.5 Å². The number of carboxylic acid groups (broad SMARTS) is 1. The number of nitrogens with one attached hydrogen (secondary N) is 1. The minimum absolute atomic E-state index is 0.226. The van der Waals surface area contributed by atoms with Gasteiger partial charge in [-0.25, -0.2) is 10.2 Å². The van der Waals surface area contributed by atoms with Crippen LogP contribution in [0.3, 0.4) is 0 Å². The van der Waals surface area contributed by atoms with Crippen LogP contribution in [0.2, 0.25) is 10.0 Å². The summed E-state index contributed by atoms with van der Waals surface area (Å²) >= 11 is 11.8. The maximum absolute atomic E-state index is 11.8. The molecule has 2 N–H and O–H groups in total. The smallest absolute Gasteiger partial charge is 0.341 e. The number of amides is 1. The monoisotopic (exact) mass is 424 g/mol. The van der Waals surface area contributed by atoms with Gasteiger partial charge in [-0.15, -0.1) is 0 Å². The van der Waals surface area contributed by atoms with Gasteiger partial charge in [0.15, 0.2) is 6.61 Å². The molecule has 0 saturated heterocycles. The molecule has 0 fully saturated rings. The van der Waals surface area contributed by atoms with Gasteiger partial charge in [0, 0.05) is 11.4 Å². The van der Waals surface area contributed by atoms with E-state index in [1.807, 2.05) is 0 Å². The van der Waals surface area contributed by atoms with Crippen molar-refractivity contribution < 1.29 is 24.2 Å². The highest BCUT2D eigenvalue weighted by Crippen LogP contribution is 2.27. The van der Waals surface area contributed by atoms with Crippen molar-refractivity contribution in [2.24, 2.45) is 5.10 Å². The standard InChI is InChI=1S/C19H18Cl2N2O5/c20-14-6-7-17(16(21)10-14)27-8-2-5-18(24)23-22-11-13-3-1-4-15(9-13)28-12-19(25)26/h1,3-4,6-7,9-11H,2,5,8,12H2,(H,23,24)(H,25,26)/b22-11-. The van der Waals surface area contributed by atoms with Crippen molar-refractivity contribution in [1.29, 1.82) is 0 Å². The lowest BCUT2D eigenvalue weighted by atomic mass is 10.2. The molecule has 0 bridgehead atoms. The topological polar surface area (TPSA) is 97.2 Å². The van der Waals surface area contributed by atoms with E-state index in [2.05, 4.69) is 10.5 Å². The Bertz CT molecular complexity index is 858. The largest absolute Gasteiger partial charge is 0.492 e. The van der Waals surface area contributed by atoms with E-state index < -0.39 is 12.6 Å². The van der Waals surface area contributed by atoms with Crippen LogP contribution in [-0.4, -0.2) is 36.4 Å². The maximum atomic E-state index is 11.8. The minimum atomic E-state index is -1.06. The highest BCUT2D eigenvalue weighted by molar-refractivity contribution is 6.35. The summed E-state index contributed by atoms with van der Waals surface area (Å²) in [6, 6.07) is 11.6. The maximum Gasteiger partial charge on any atom is 0.341 e. The third-order valence-electron chi connectivity index (χ3n) is 3.32. The van der Waals surface area contributed by atoms with Gasteiger partial charge in [-0.2, -0.15) is 5.10 Å². The number of carbonyl (C=O) groups excluding carboxylic acids is 1. The van der Waals surface area contributed by atoms with E-state index in [9.17, 15) is 9.59 Å². The lowest BCUT2D eigenvalue weighted by molar-refractivity contribution is -0.139. The van der Waals surface area contributed by atoms with Crippen LogP contribution in [0.1, 0.15) is 18.4 Å². The molecular formula is C19H18Cl2N2O5. The van der Waals surface area contributed by atoms with Crippen LogP contribution in [0.15, 0.2) is 47.6 Å². The number of rotatable bonds is 10. The molecule has 2 rings (SSSR count). The van der Waals surface area contributed by atoms with E-state index in [4.69, 9.17) is 37.8 Å². The molecule has 9 heteroatoms. The lowest BCUT2D eigenvalue weighted by Crippen LogP contribution is -2.18. The molecule has 0 aromatic heterocycles. The van der Waals surface area contributed by atoms with Gasteiger partial charge in [0.05, 0.1) is 17.8 Å². The third-order valence-corrected chi connectivity index (χ3v) is 3.85. The van der Waals surface area contributed by atoms with Crippen molar-refractivity contribution >= 4 is 41.3 Å². The van der Waals surface area contributed by atoms with E-state index >= 15 is 0 Å². The van der Waals surface area contributed by atoms with Gasteiger partial charge < -0.3 is 14.6 Å². The Morgan fingerprint density at radius 3 is 2.71 bits per heavy atom. The molecule has 0 spiro atoms. The van der Waals surface area contributed by atoms with Crippen LogP contribution in [-0.2, 0) is 9.59 Å². The number of hydrogen-bond donors (Lipinski definition) is 2. The molecule has 7 nitrogen and oxygen atoms in total. The van der Waals surface area contributed by atoms with Gasteiger partial charge in [0.1, 0.15) is 11.5 Å². The van der Waals surface area contributed by atoms with Gasteiger partial charge in [0.2, 0.25) is 5.91 Å². The first kappa shape index (κ1) is 21.5. The van der Waals surface area contributed by atoms with Gasteiger partial charge in [-0.3, -0.25) is 4.79 Å². The average molecular weight is 425 g/mol. The zero-order chi connectivity index (χ0) is 20.4. The first-order valence-corrected chi connectivity index (χ1v) is 9.04. The Morgan fingerprint density at radius 2 is 1.96 bits per heavy atom. The third kappa shape index (κ3) is 7.85. The Balaban J connectivity index is 1.70. The van der Waals surface area contributed by atoms with E-state index in [-0.39, 0.29) is 12.3 Å². The zero-order valence-corrected chi connectivity index (χ0v) is 16.2. The SMILES string of the molecule is O=C(O)COc1cccc(/C=N\NC(=O)CCCOc2ccc(Cl)cc2Cl)c1. The number of carboxylic acids is 1. The molecule has 2 aromatic carbocycles. The number of benzene rings is 2. The molecule has 0 aliphatic carbocycles. The van der Waals surface area contributed by atoms with E-state index in [1.165, 1.54) is 6.21 Å². The molecular weight excluding hydrogens is 407 g/mol. The summed E-state index contributed by atoms with van der Waals surface area (Å²) < 4.78 is 10.6. The molecule has 0 atom stereocenters. The number of hydrogen-bond acceptors (Lipinski definition) is 5. The normalized spacial score (nSPS) is 10.6. The fourth-order valence-corrected chi connectivity index (χ4v) is 2.53. The van der Waals surface area contributed by atoms with Crippen molar-refractivity contribution in [3.05, 3.63) is 58.1 Å². The molecule has 1 amide bonds. The van der Waals surface area contributed by atoms with Crippen molar-refractivity contribution in [3.63, 3.8) is 0 Å². The first-order chi connectivity index (χ1) is 13.4. The highest BCUT2D eigenvalue weighted by Gasteiger charge is 2.04. The summed E-state index contributed by atoms with van der Waals surface area (Å²) in [5.74, 6) is -0.417. The number of ether oxygens (including phenoxy) is 2. The van der Waals surface area contributed by atoms with Gasteiger partial charge in [-0.05, 0) is 42.3 Å². The van der Waals surface area contributed by atoms with Gasteiger partial charge >= 0.3 is 5.97 Å². The van der Waals surface area contributed by atoms with E-state index in [0.29, 0.717) is 40.1 Å². The second-order valence-electron chi connectivity index (χ2n) is 5.57. The Labute approximate surface area is 171 Å². The summed E-state index contributed by atoms with van der Waals surface area (Å²) in [6.07, 6.45) is 2.15. The predicted molar refractivity (Wildman–Crippen MR) is 107 cm³/mol. The van der Waals surface area contributed by atoms with Crippen molar-refractivity contribution in [3.8, 4) is 11.5 Å². The second kappa shape index (κ2) is 11.2. The quantitative estimate of drug-likeness (QED) is 0.343. The zero-order valence-electron chi connectivity index (χ0n) is 14.7. The lowest BCUT2D eigenvalue weighted by Gasteiger charge is -2.07. The summed E-state index contributed by atoms with van der Waals surface area (Å²) in [7, 11) is 0. The molecule has 0 aliphatic rings. The van der Waals surface area contributed by atoms with Crippen molar-refractivity contribution in [2.75, 3.05) is 13.2 Å². The Hall–Kier alpha value is -2.77.